The molecule has 4 aromatic rings. The van der Waals surface area contributed by atoms with Gasteiger partial charge in [0.05, 0.1) is 17.5 Å². The third kappa shape index (κ3) is 2.66. The summed E-state index contributed by atoms with van der Waals surface area (Å²) < 4.78 is 33.9. The van der Waals surface area contributed by atoms with E-state index in [0.29, 0.717) is 21.7 Å². The Morgan fingerprint density at radius 1 is 0.846 bits per heavy atom. The molecule has 2 heterocycles. The number of benzene rings is 2. The molecule has 0 bridgehead atoms. The summed E-state index contributed by atoms with van der Waals surface area (Å²) in [6.07, 6.45) is 3.72. The van der Waals surface area contributed by atoms with Crippen LogP contribution in [-0.2, 0) is 9.84 Å². The molecule has 5 heteroatoms. The average Bonchev–Trinajstić information content (AvgIpc) is 3.09. The minimum Gasteiger partial charge on any atom is -0.497 e. The second-order valence-electron chi connectivity index (χ2n) is 5.91. The van der Waals surface area contributed by atoms with Gasteiger partial charge in [-0.3, -0.25) is 0 Å². The van der Waals surface area contributed by atoms with Gasteiger partial charge < -0.3 is 9.14 Å². The molecule has 0 atom stereocenters. The van der Waals surface area contributed by atoms with E-state index in [4.69, 9.17) is 4.74 Å². The zero-order valence-electron chi connectivity index (χ0n) is 14.2. The molecule has 0 radical (unpaired) electrons. The van der Waals surface area contributed by atoms with Crippen LogP contribution in [0.4, 0.5) is 0 Å². The highest BCUT2D eigenvalue weighted by Gasteiger charge is 2.26. The van der Waals surface area contributed by atoms with Gasteiger partial charge >= 0.3 is 0 Å². The van der Waals surface area contributed by atoms with Crippen molar-refractivity contribution in [2.24, 2.45) is 0 Å². The molecular weight excluding hydrogens is 346 g/mol. The minimum atomic E-state index is -3.70. The summed E-state index contributed by atoms with van der Waals surface area (Å²) in [5.74, 6) is 0.619. The Hall–Kier alpha value is -3.05. The van der Waals surface area contributed by atoms with E-state index >= 15 is 0 Å². The van der Waals surface area contributed by atoms with Crippen LogP contribution in [0.3, 0.4) is 0 Å². The van der Waals surface area contributed by atoms with Gasteiger partial charge in [0.25, 0.3) is 0 Å². The highest BCUT2D eigenvalue weighted by atomic mass is 32.2. The van der Waals surface area contributed by atoms with Gasteiger partial charge in [-0.25, -0.2) is 8.42 Å². The smallest absolute Gasteiger partial charge is 0.209 e. The van der Waals surface area contributed by atoms with Crippen LogP contribution in [0, 0.1) is 0 Å². The van der Waals surface area contributed by atoms with E-state index in [2.05, 4.69) is 0 Å². The molecule has 0 fully saturated rings. The van der Waals surface area contributed by atoms with Crippen LogP contribution in [0.15, 0.2) is 95.0 Å². The number of hydrogen-bond donors (Lipinski definition) is 0. The Kier molecular flexibility index (Phi) is 4.01. The van der Waals surface area contributed by atoms with Crippen LogP contribution in [0.2, 0.25) is 0 Å². The average molecular weight is 363 g/mol. The minimum absolute atomic E-state index is 0.243. The molecule has 2 aromatic carbocycles. The molecule has 0 saturated heterocycles. The van der Waals surface area contributed by atoms with Crippen molar-refractivity contribution in [2.45, 2.75) is 9.79 Å². The van der Waals surface area contributed by atoms with Gasteiger partial charge in [0.1, 0.15) is 10.6 Å². The molecule has 0 N–H and O–H groups in total. The van der Waals surface area contributed by atoms with E-state index in [0.717, 1.165) is 5.56 Å². The number of methoxy groups -OCH3 is 1. The van der Waals surface area contributed by atoms with E-state index in [-0.39, 0.29) is 4.90 Å². The number of fused-ring (bicyclic) bond motifs is 1. The van der Waals surface area contributed by atoms with Crippen LogP contribution < -0.4 is 4.74 Å². The molecule has 0 spiro atoms. The first kappa shape index (κ1) is 16.4. The first-order valence-electron chi connectivity index (χ1n) is 8.15. The Balaban J connectivity index is 2.00. The highest BCUT2D eigenvalue weighted by molar-refractivity contribution is 7.91. The van der Waals surface area contributed by atoms with Gasteiger partial charge in [0, 0.05) is 18.0 Å². The predicted octanol–water partition coefficient (Wildman–Crippen LogP) is 4.45. The lowest BCUT2D eigenvalue weighted by molar-refractivity contribution is 0.414. The van der Waals surface area contributed by atoms with E-state index in [9.17, 15) is 8.42 Å². The zero-order chi connectivity index (χ0) is 18.1. The summed E-state index contributed by atoms with van der Waals surface area (Å²) in [6.45, 7) is 0. The summed E-state index contributed by atoms with van der Waals surface area (Å²) in [5, 5.41) is 0. The van der Waals surface area contributed by atoms with E-state index in [1.54, 1.807) is 31.4 Å². The summed E-state index contributed by atoms with van der Waals surface area (Å²) in [4.78, 5) is 0.557. The molecule has 0 aliphatic rings. The van der Waals surface area contributed by atoms with Crippen LogP contribution >= 0.6 is 0 Å². The van der Waals surface area contributed by atoms with Crippen molar-refractivity contribution in [1.29, 1.82) is 0 Å². The maximum atomic E-state index is 13.4. The van der Waals surface area contributed by atoms with E-state index in [1.807, 2.05) is 65.3 Å². The summed E-state index contributed by atoms with van der Waals surface area (Å²) >= 11 is 0. The van der Waals surface area contributed by atoms with Crippen molar-refractivity contribution in [3.63, 3.8) is 0 Å². The van der Waals surface area contributed by atoms with Crippen LogP contribution in [0.1, 0.15) is 0 Å². The molecule has 2 aromatic heterocycles. The predicted molar refractivity (Wildman–Crippen MR) is 101 cm³/mol. The largest absolute Gasteiger partial charge is 0.497 e. The number of aromatic nitrogens is 1. The van der Waals surface area contributed by atoms with Crippen LogP contribution in [-0.4, -0.2) is 19.9 Å². The van der Waals surface area contributed by atoms with E-state index in [1.165, 1.54) is 0 Å². The SMILES string of the molecule is COc1ccc(S(=O)(=O)c2c(-c3ccccc3)cn3ccccc23)cc1. The molecule has 4 rings (SSSR count). The van der Waals surface area contributed by atoms with Crippen molar-refractivity contribution in [1.82, 2.24) is 4.40 Å². The fraction of sp³-hybridized carbons (Fsp3) is 0.0476. The molecule has 130 valence electrons. The van der Waals surface area contributed by atoms with Crippen molar-refractivity contribution in [2.75, 3.05) is 7.11 Å². The van der Waals surface area contributed by atoms with E-state index < -0.39 is 9.84 Å². The number of sulfone groups is 1. The van der Waals surface area contributed by atoms with Crippen molar-refractivity contribution >= 4 is 15.4 Å². The Labute approximate surface area is 152 Å². The molecular formula is C21H17NO3S. The molecule has 0 aliphatic heterocycles. The van der Waals surface area contributed by atoms with Crippen molar-refractivity contribution in [3.05, 3.63) is 85.2 Å². The fourth-order valence-corrected chi connectivity index (χ4v) is 4.71. The van der Waals surface area contributed by atoms with Gasteiger partial charge in [-0.1, -0.05) is 36.4 Å². The Morgan fingerprint density at radius 2 is 1.54 bits per heavy atom. The lowest BCUT2D eigenvalue weighted by Crippen LogP contribution is -2.03. The third-order valence-corrected chi connectivity index (χ3v) is 6.22. The molecule has 0 amide bonds. The number of nitrogens with zero attached hydrogens (tertiary/aromatic N) is 1. The second-order valence-corrected chi connectivity index (χ2v) is 7.80. The van der Waals surface area contributed by atoms with Crippen molar-refractivity contribution in [3.8, 4) is 16.9 Å². The highest BCUT2D eigenvalue weighted by Crippen LogP contribution is 2.36. The van der Waals surface area contributed by atoms with Crippen LogP contribution in [0.25, 0.3) is 16.6 Å². The van der Waals surface area contributed by atoms with Gasteiger partial charge in [0.2, 0.25) is 9.84 Å². The monoisotopic (exact) mass is 363 g/mol. The first-order valence-corrected chi connectivity index (χ1v) is 9.64. The number of pyridine rings is 1. The Bertz CT molecular complexity index is 1160. The summed E-state index contributed by atoms with van der Waals surface area (Å²) in [5.41, 5.74) is 2.21. The number of ether oxygens (including phenoxy) is 1. The topological polar surface area (TPSA) is 47.8 Å². The summed E-state index contributed by atoms with van der Waals surface area (Å²) in [7, 11) is -2.15. The zero-order valence-corrected chi connectivity index (χ0v) is 15.0. The maximum absolute atomic E-state index is 13.4. The maximum Gasteiger partial charge on any atom is 0.209 e. The quantitative estimate of drug-likeness (QED) is 0.538. The number of rotatable bonds is 4. The molecule has 4 nitrogen and oxygen atoms in total. The lowest BCUT2D eigenvalue weighted by atomic mass is 10.1. The third-order valence-electron chi connectivity index (χ3n) is 4.36. The molecule has 26 heavy (non-hydrogen) atoms. The molecule has 0 saturated carbocycles. The number of hydrogen-bond acceptors (Lipinski definition) is 3. The first-order chi connectivity index (χ1) is 12.6. The van der Waals surface area contributed by atoms with Gasteiger partial charge in [-0.15, -0.1) is 0 Å². The Morgan fingerprint density at radius 3 is 2.23 bits per heavy atom. The lowest BCUT2D eigenvalue weighted by Gasteiger charge is -2.08. The summed E-state index contributed by atoms with van der Waals surface area (Å²) in [6, 6.07) is 21.6. The van der Waals surface area contributed by atoms with Gasteiger partial charge in [-0.2, -0.15) is 0 Å². The van der Waals surface area contributed by atoms with Crippen LogP contribution in [0.5, 0.6) is 5.75 Å². The second kappa shape index (κ2) is 6.35. The normalized spacial score (nSPS) is 11.6. The fourth-order valence-electron chi connectivity index (χ4n) is 3.08. The molecule has 0 unspecified atom stereocenters. The van der Waals surface area contributed by atoms with Gasteiger partial charge in [-0.05, 0) is 42.0 Å². The molecule has 0 aliphatic carbocycles. The standard InChI is InChI=1S/C21H17NO3S/c1-25-17-10-12-18(13-11-17)26(23,24)21-19(16-7-3-2-4-8-16)15-22-14-6-5-9-20(21)22/h2-15H,1H3. The van der Waals surface area contributed by atoms with Crippen molar-refractivity contribution < 1.29 is 13.2 Å². The van der Waals surface area contributed by atoms with Gasteiger partial charge in [0.15, 0.2) is 0 Å².